The predicted molar refractivity (Wildman–Crippen MR) is 93.8 cm³/mol. The van der Waals surface area contributed by atoms with Crippen molar-refractivity contribution < 1.29 is 27.5 Å². The van der Waals surface area contributed by atoms with E-state index >= 15 is 0 Å². The van der Waals surface area contributed by atoms with Crippen LogP contribution < -0.4 is 15.5 Å². The number of amides is 2. The van der Waals surface area contributed by atoms with Gasteiger partial charge in [0.1, 0.15) is 5.75 Å². The smallest absolute Gasteiger partial charge is 0.471 e. The number of hydrogen-bond acceptors (Lipinski definition) is 4. The second-order valence-corrected chi connectivity index (χ2v) is 5.40. The molecule has 0 aliphatic carbocycles. The lowest BCUT2D eigenvalue weighted by molar-refractivity contribution is -0.167. The molecule has 2 rings (SSSR count). The zero-order valence-corrected chi connectivity index (χ0v) is 14.4. The monoisotopic (exact) mass is 379 g/mol. The summed E-state index contributed by atoms with van der Waals surface area (Å²) in [6.45, 7) is 1.62. The maximum absolute atomic E-state index is 12.2. The van der Waals surface area contributed by atoms with E-state index in [2.05, 4.69) is 10.5 Å². The van der Waals surface area contributed by atoms with Crippen molar-refractivity contribution in [3.05, 3.63) is 59.7 Å². The number of ether oxygens (including phenoxy) is 1. The number of anilines is 1. The molecule has 27 heavy (non-hydrogen) atoms. The van der Waals surface area contributed by atoms with Crippen LogP contribution in [0.3, 0.4) is 0 Å². The third-order valence-corrected chi connectivity index (χ3v) is 3.48. The van der Waals surface area contributed by atoms with Crippen LogP contribution >= 0.6 is 0 Å². The quantitative estimate of drug-likeness (QED) is 0.618. The van der Waals surface area contributed by atoms with Crippen LogP contribution in [0.1, 0.15) is 22.8 Å². The van der Waals surface area contributed by atoms with E-state index in [1.807, 2.05) is 0 Å². The minimum absolute atomic E-state index is 0.00529. The van der Waals surface area contributed by atoms with E-state index < -0.39 is 18.0 Å². The van der Waals surface area contributed by atoms with E-state index in [9.17, 15) is 22.8 Å². The Morgan fingerprint density at radius 3 is 2.30 bits per heavy atom. The first-order valence-electron chi connectivity index (χ1n) is 7.68. The van der Waals surface area contributed by atoms with Crippen molar-refractivity contribution in [3.8, 4) is 5.75 Å². The van der Waals surface area contributed by atoms with Crippen molar-refractivity contribution in [2.45, 2.75) is 13.1 Å². The number of alkyl halides is 3. The van der Waals surface area contributed by atoms with E-state index in [1.54, 1.807) is 36.5 Å². The molecule has 2 aromatic rings. The van der Waals surface area contributed by atoms with Gasteiger partial charge in [-0.3, -0.25) is 9.59 Å². The van der Waals surface area contributed by atoms with Gasteiger partial charge in [-0.05, 0) is 42.8 Å². The van der Waals surface area contributed by atoms with Gasteiger partial charge in [-0.1, -0.05) is 18.2 Å². The van der Waals surface area contributed by atoms with E-state index in [1.165, 1.54) is 31.4 Å². The van der Waals surface area contributed by atoms with Crippen LogP contribution in [0.5, 0.6) is 5.75 Å². The molecule has 0 aromatic heterocycles. The molecule has 0 heterocycles. The summed E-state index contributed by atoms with van der Waals surface area (Å²) in [6, 6.07) is 12.1. The molecule has 0 saturated heterocycles. The van der Waals surface area contributed by atoms with Gasteiger partial charge in [0.05, 0.1) is 12.8 Å². The maximum atomic E-state index is 12.2. The van der Waals surface area contributed by atoms with Gasteiger partial charge in [-0.25, -0.2) is 5.43 Å². The van der Waals surface area contributed by atoms with Crippen LogP contribution in [0.2, 0.25) is 0 Å². The highest BCUT2D eigenvalue weighted by Gasteiger charge is 2.38. The zero-order valence-electron chi connectivity index (χ0n) is 14.4. The third-order valence-electron chi connectivity index (χ3n) is 3.48. The van der Waals surface area contributed by atoms with E-state index in [0.29, 0.717) is 22.6 Å². The van der Waals surface area contributed by atoms with E-state index in [0.717, 1.165) is 0 Å². The molecule has 9 heteroatoms. The number of nitrogens with zero attached hydrogens (tertiary/aromatic N) is 1. The van der Waals surface area contributed by atoms with Gasteiger partial charge in [-0.15, -0.1) is 0 Å². The summed E-state index contributed by atoms with van der Waals surface area (Å²) in [5, 5.41) is 5.71. The number of carbonyl (C=O) groups excluding carboxylic acids is 2. The molecular weight excluding hydrogens is 363 g/mol. The summed E-state index contributed by atoms with van der Waals surface area (Å²) in [5.74, 6) is -1.96. The molecule has 2 N–H and O–H groups in total. The van der Waals surface area contributed by atoms with Gasteiger partial charge in [-0.2, -0.15) is 18.3 Å². The first-order chi connectivity index (χ1) is 12.7. The molecule has 0 atom stereocenters. The van der Waals surface area contributed by atoms with Crippen molar-refractivity contribution in [3.63, 3.8) is 0 Å². The van der Waals surface area contributed by atoms with Crippen LogP contribution in [-0.4, -0.2) is 30.8 Å². The highest BCUT2D eigenvalue weighted by atomic mass is 19.4. The average Bonchev–Trinajstić information content (AvgIpc) is 2.65. The summed E-state index contributed by atoms with van der Waals surface area (Å²) in [4.78, 5) is 23.0. The number of methoxy groups -OCH3 is 1. The van der Waals surface area contributed by atoms with Crippen molar-refractivity contribution >= 4 is 23.2 Å². The predicted octanol–water partition coefficient (Wildman–Crippen LogP) is 3.35. The zero-order chi connectivity index (χ0) is 20.0. The van der Waals surface area contributed by atoms with Crippen molar-refractivity contribution in [1.82, 2.24) is 5.43 Å². The molecule has 0 fully saturated rings. The van der Waals surface area contributed by atoms with Gasteiger partial charge < -0.3 is 10.1 Å². The summed E-state index contributed by atoms with van der Waals surface area (Å²) in [5.41, 5.74) is 3.73. The summed E-state index contributed by atoms with van der Waals surface area (Å²) in [7, 11) is 1.49. The van der Waals surface area contributed by atoms with Gasteiger partial charge >= 0.3 is 12.1 Å². The first-order valence-corrected chi connectivity index (χ1v) is 7.68. The molecule has 2 aromatic carbocycles. The van der Waals surface area contributed by atoms with Gasteiger partial charge in [0, 0.05) is 11.3 Å². The normalized spacial score (nSPS) is 11.7. The van der Waals surface area contributed by atoms with Crippen molar-refractivity contribution in [2.24, 2.45) is 5.10 Å². The Morgan fingerprint density at radius 2 is 1.70 bits per heavy atom. The van der Waals surface area contributed by atoms with Crippen LogP contribution in [0.25, 0.3) is 0 Å². The maximum Gasteiger partial charge on any atom is 0.471 e. The molecular formula is C18H16F3N3O3. The summed E-state index contributed by atoms with van der Waals surface area (Å²) in [6.07, 6.45) is -4.96. The minimum atomic E-state index is -4.96. The highest BCUT2D eigenvalue weighted by Crippen LogP contribution is 2.18. The molecule has 6 nitrogen and oxygen atoms in total. The number of carbonyl (C=O) groups is 2. The van der Waals surface area contributed by atoms with Gasteiger partial charge in [0.15, 0.2) is 0 Å². The minimum Gasteiger partial charge on any atom is -0.497 e. The average molecular weight is 379 g/mol. The fourth-order valence-electron chi connectivity index (χ4n) is 2.02. The van der Waals surface area contributed by atoms with Gasteiger partial charge in [0.2, 0.25) is 0 Å². The molecule has 2 amide bonds. The number of benzene rings is 2. The fourth-order valence-corrected chi connectivity index (χ4v) is 2.02. The van der Waals surface area contributed by atoms with E-state index in [4.69, 9.17) is 4.74 Å². The third kappa shape index (κ3) is 5.56. The number of rotatable bonds is 5. The SMILES string of the molecule is COc1cccc(C(=O)NN=C(C)c2ccc(NC(=O)C(F)(F)F)cc2)c1. The second-order valence-electron chi connectivity index (χ2n) is 5.40. The summed E-state index contributed by atoms with van der Waals surface area (Å²) < 4.78 is 41.7. The number of hydrogen-bond donors (Lipinski definition) is 2. The topological polar surface area (TPSA) is 79.8 Å². The first kappa shape index (κ1) is 20.0. The largest absolute Gasteiger partial charge is 0.497 e. The molecule has 0 saturated carbocycles. The van der Waals surface area contributed by atoms with Crippen LogP contribution in [0.15, 0.2) is 53.6 Å². The molecule has 142 valence electrons. The Kier molecular flexibility index (Phi) is 6.17. The molecule has 0 aliphatic heterocycles. The number of halogens is 3. The lowest BCUT2D eigenvalue weighted by atomic mass is 10.1. The molecule has 0 unspecified atom stereocenters. The fraction of sp³-hybridized carbons (Fsp3) is 0.167. The number of nitrogens with one attached hydrogen (secondary N) is 2. The Morgan fingerprint density at radius 1 is 1.04 bits per heavy atom. The highest BCUT2D eigenvalue weighted by molar-refractivity contribution is 6.01. The Hall–Kier alpha value is -3.36. The van der Waals surface area contributed by atoms with Crippen molar-refractivity contribution in [2.75, 3.05) is 12.4 Å². The molecule has 0 aliphatic rings. The van der Waals surface area contributed by atoms with E-state index in [-0.39, 0.29) is 5.69 Å². The molecule has 0 radical (unpaired) electrons. The Labute approximate surface area is 153 Å². The Balaban J connectivity index is 2.03. The van der Waals surface area contributed by atoms with Crippen LogP contribution in [0.4, 0.5) is 18.9 Å². The second kappa shape index (κ2) is 8.35. The lowest BCUT2D eigenvalue weighted by Gasteiger charge is -2.09. The van der Waals surface area contributed by atoms with Crippen LogP contribution in [0, 0.1) is 0 Å². The van der Waals surface area contributed by atoms with Gasteiger partial charge in [0.25, 0.3) is 5.91 Å². The van der Waals surface area contributed by atoms with Crippen molar-refractivity contribution in [1.29, 1.82) is 0 Å². The molecule has 0 spiro atoms. The Bertz CT molecular complexity index is 862. The standard InChI is InChI=1S/C18H16F3N3O3/c1-11(23-24-16(25)13-4-3-5-15(10-13)27-2)12-6-8-14(9-7-12)22-17(26)18(19,20)21/h3-10H,1-2H3,(H,22,26)(H,24,25). The number of hydrazone groups is 1. The molecule has 0 bridgehead atoms. The lowest BCUT2D eigenvalue weighted by Crippen LogP contribution is -2.29. The van der Waals surface area contributed by atoms with Crippen LogP contribution in [-0.2, 0) is 4.79 Å². The summed E-state index contributed by atoms with van der Waals surface area (Å²) >= 11 is 0.